The lowest BCUT2D eigenvalue weighted by molar-refractivity contribution is -0.385. The molecular weight excluding hydrogens is 438 g/mol. The van der Waals surface area contributed by atoms with Crippen LogP contribution >= 0.6 is 27.7 Å². The van der Waals surface area contributed by atoms with Crippen molar-refractivity contribution in [3.8, 4) is 22.6 Å². The molecule has 0 aromatic heterocycles. The SMILES string of the molecule is O=[N+]([O-])c1c2c(c3ccccc3c1-c1ccccc1Br)Sc1ccccc1O2. The van der Waals surface area contributed by atoms with Crippen LogP contribution in [0.5, 0.6) is 11.5 Å². The average molecular weight is 450 g/mol. The highest BCUT2D eigenvalue weighted by atomic mass is 79.9. The van der Waals surface area contributed by atoms with Gasteiger partial charge >= 0.3 is 5.69 Å². The van der Waals surface area contributed by atoms with Crippen molar-refractivity contribution < 1.29 is 9.66 Å². The van der Waals surface area contributed by atoms with E-state index in [4.69, 9.17) is 4.74 Å². The van der Waals surface area contributed by atoms with Crippen LogP contribution in [-0.4, -0.2) is 4.92 Å². The van der Waals surface area contributed by atoms with E-state index in [1.54, 1.807) is 0 Å². The predicted molar refractivity (Wildman–Crippen MR) is 114 cm³/mol. The van der Waals surface area contributed by atoms with Gasteiger partial charge in [-0.2, -0.15) is 0 Å². The van der Waals surface area contributed by atoms with Crippen LogP contribution < -0.4 is 4.74 Å². The van der Waals surface area contributed by atoms with Gasteiger partial charge in [0.05, 0.1) is 20.3 Å². The molecule has 0 aliphatic carbocycles. The van der Waals surface area contributed by atoms with Gasteiger partial charge < -0.3 is 4.74 Å². The predicted octanol–water partition coefficient (Wildman–Crippen LogP) is 7.43. The highest BCUT2D eigenvalue weighted by Crippen LogP contribution is 2.57. The maximum absolute atomic E-state index is 12.2. The summed E-state index contributed by atoms with van der Waals surface area (Å²) in [5.74, 6) is 0.939. The second kappa shape index (κ2) is 6.65. The highest BCUT2D eigenvalue weighted by Gasteiger charge is 2.34. The molecule has 0 amide bonds. The minimum atomic E-state index is -0.339. The number of nitro benzene ring substituents is 1. The Hall–Kier alpha value is -2.83. The minimum absolute atomic E-state index is 0.0115. The smallest absolute Gasteiger partial charge is 0.321 e. The van der Waals surface area contributed by atoms with Crippen LogP contribution in [0, 0.1) is 10.1 Å². The molecule has 1 aliphatic rings. The summed E-state index contributed by atoms with van der Waals surface area (Å²) in [4.78, 5) is 13.6. The second-order valence-corrected chi connectivity index (χ2v) is 8.22. The van der Waals surface area contributed by atoms with Crippen LogP contribution in [0.3, 0.4) is 0 Å². The zero-order valence-corrected chi connectivity index (χ0v) is 16.8. The summed E-state index contributed by atoms with van der Waals surface area (Å²) in [5, 5.41) is 14.0. The first-order valence-electron chi connectivity index (χ1n) is 8.58. The van der Waals surface area contributed by atoms with Crippen molar-refractivity contribution in [2.75, 3.05) is 0 Å². The second-order valence-electron chi connectivity index (χ2n) is 6.32. The van der Waals surface area contributed by atoms with E-state index in [1.807, 2.05) is 72.8 Å². The third kappa shape index (κ3) is 2.60. The van der Waals surface area contributed by atoms with E-state index in [0.29, 0.717) is 17.1 Å². The molecule has 0 radical (unpaired) electrons. The summed E-state index contributed by atoms with van der Waals surface area (Å²) in [6.07, 6.45) is 0. The number of nitrogens with zero attached hydrogens (tertiary/aromatic N) is 1. The monoisotopic (exact) mass is 449 g/mol. The number of ether oxygens (including phenoxy) is 1. The van der Waals surface area contributed by atoms with Crippen molar-refractivity contribution in [3.63, 3.8) is 0 Å². The molecule has 1 aliphatic heterocycles. The Morgan fingerprint density at radius 2 is 1.57 bits per heavy atom. The van der Waals surface area contributed by atoms with Gasteiger partial charge in [0.2, 0.25) is 5.75 Å². The van der Waals surface area contributed by atoms with Gasteiger partial charge in [0, 0.05) is 15.4 Å². The van der Waals surface area contributed by atoms with Gasteiger partial charge in [0.1, 0.15) is 5.75 Å². The normalized spacial score (nSPS) is 12.2. The topological polar surface area (TPSA) is 52.4 Å². The fourth-order valence-corrected chi connectivity index (χ4v) is 5.09. The number of nitro groups is 1. The van der Waals surface area contributed by atoms with E-state index in [9.17, 15) is 10.1 Å². The van der Waals surface area contributed by atoms with E-state index >= 15 is 0 Å². The van der Waals surface area contributed by atoms with Gasteiger partial charge in [0.25, 0.3) is 0 Å². The Labute approximate surface area is 173 Å². The highest BCUT2D eigenvalue weighted by molar-refractivity contribution is 9.10. The lowest BCUT2D eigenvalue weighted by Crippen LogP contribution is -2.03. The summed E-state index contributed by atoms with van der Waals surface area (Å²) in [7, 11) is 0. The summed E-state index contributed by atoms with van der Waals surface area (Å²) in [5.41, 5.74) is 1.31. The Balaban J connectivity index is 1.93. The number of hydrogen-bond acceptors (Lipinski definition) is 4. The molecule has 5 rings (SSSR count). The number of benzene rings is 4. The zero-order valence-electron chi connectivity index (χ0n) is 14.4. The summed E-state index contributed by atoms with van der Waals surface area (Å²) in [6, 6.07) is 22.9. The third-order valence-electron chi connectivity index (χ3n) is 4.70. The fourth-order valence-electron chi connectivity index (χ4n) is 3.52. The Morgan fingerprint density at radius 1 is 0.893 bits per heavy atom. The van der Waals surface area contributed by atoms with Gasteiger partial charge in [-0.25, -0.2) is 0 Å². The van der Waals surface area contributed by atoms with Gasteiger partial charge in [-0.15, -0.1) is 0 Å². The van der Waals surface area contributed by atoms with Crippen LogP contribution in [0.25, 0.3) is 21.9 Å². The molecule has 0 fully saturated rings. The van der Waals surface area contributed by atoms with Crippen LogP contribution in [0.2, 0.25) is 0 Å². The Bertz CT molecular complexity index is 1270. The number of halogens is 1. The molecule has 0 N–H and O–H groups in total. The summed E-state index contributed by atoms with van der Waals surface area (Å²) >= 11 is 5.07. The first kappa shape index (κ1) is 17.3. The maximum atomic E-state index is 12.2. The van der Waals surface area contributed by atoms with Crippen LogP contribution in [0.4, 0.5) is 5.69 Å². The van der Waals surface area contributed by atoms with E-state index in [1.165, 1.54) is 11.8 Å². The van der Waals surface area contributed by atoms with Gasteiger partial charge in [-0.3, -0.25) is 10.1 Å². The third-order valence-corrected chi connectivity index (χ3v) is 6.56. The summed E-state index contributed by atoms with van der Waals surface area (Å²) in [6.45, 7) is 0. The molecule has 0 saturated carbocycles. The molecule has 0 atom stereocenters. The molecule has 136 valence electrons. The van der Waals surface area contributed by atoms with Crippen molar-refractivity contribution >= 4 is 44.2 Å². The van der Waals surface area contributed by atoms with E-state index in [2.05, 4.69) is 15.9 Å². The molecule has 4 nitrogen and oxygen atoms in total. The molecule has 4 aromatic carbocycles. The molecule has 1 heterocycles. The van der Waals surface area contributed by atoms with Crippen LogP contribution in [-0.2, 0) is 0 Å². The first-order chi connectivity index (χ1) is 13.6. The van der Waals surface area contributed by atoms with Gasteiger partial charge in [-0.1, -0.05) is 82.3 Å². The van der Waals surface area contributed by atoms with Crippen molar-refractivity contribution in [3.05, 3.63) is 87.4 Å². The quantitative estimate of drug-likeness (QED) is 0.207. The molecule has 28 heavy (non-hydrogen) atoms. The first-order valence-corrected chi connectivity index (χ1v) is 10.2. The van der Waals surface area contributed by atoms with Crippen molar-refractivity contribution in [2.24, 2.45) is 0 Å². The number of hydrogen-bond donors (Lipinski definition) is 0. The molecule has 0 spiro atoms. The largest absolute Gasteiger partial charge is 0.448 e. The van der Waals surface area contributed by atoms with Crippen LogP contribution in [0.1, 0.15) is 0 Å². The number of para-hydroxylation sites is 1. The van der Waals surface area contributed by atoms with Crippen molar-refractivity contribution in [1.82, 2.24) is 0 Å². The lowest BCUT2D eigenvalue weighted by Gasteiger charge is -2.23. The zero-order chi connectivity index (χ0) is 19.3. The van der Waals surface area contributed by atoms with Gasteiger partial charge in [-0.05, 0) is 23.6 Å². The summed E-state index contributed by atoms with van der Waals surface area (Å²) < 4.78 is 6.90. The maximum Gasteiger partial charge on any atom is 0.321 e. The lowest BCUT2D eigenvalue weighted by atomic mass is 9.95. The van der Waals surface area contributed by atoms with Crippen molar-refractivity contribution in [1.29, 1.82) is 0 Å². The average Bonchev–Trinajstić information content (AvgIpc) is 2.72. The Kier molecular flexibility index (Phi) is 4.10. The fraction of sp³-hybridized carbons (Fsp3) is 0. The number of rotatable bonds is 2. The van der Waals surface area contributed by atoms with E-state index < -0.39 is 0 Å². The van der Waals surface area contributed by atoms with E-state index in [-0.39, 0.29) is 10.6 Å². The molecule has 6 heteroatoms. The number of fused-ring (bicyclic) bond motifs is 4. The molecule has 0 saturated heterocycles. The molecule has 4 aromatic rings. The van der Waals surface area contributed by atoms with E-state index in [0.717, 1.165) is 30.6 Å². The molecular formula is C22H12BrNO3S. The standard InChI is InChI=1S/C22H12BrNO3S/c23-16-10-4-3-9-15(16)19-13-7-1-2-8-14(13)22-21(20(19)24(25)26)27-17-11-5-6-12-18(17)28-22/h1-12H. The molecule has 0 bridgehead atoms. The minimum Gasteiger partial charge on any atom is -0.448 e. The Morgan fingerprint density at radius 3 is 2.36 bits per heavy atom. The van der Waals surface area contributed by atoms with Crippen LogP contribution in [0.15, 0.2) is 87.1 Å². The van der Waals surface area contributed by atoms with Crippen molar-refractivity contribution in [2.45, 2.75) is 9.79 Å². The molecule has 0 unspecified atom stereocenters. The van der Waals surface area contributed by atoms with Gasteiger partial charge in [0.15, 0.2) is 0 Å².